The Hall–Kier alpha value is -2.86. The average Bonchev–Trinajstić information content (AvgIpc) is 3.36. The maximum atomic E-state index is 13.5. The van der Waals surface area contributed by atoms with E-state index in [9.17, 15) is 9.59 Å². The Morgan fingerprint density at radius 3 is 2.34 bits per heavy atom. The fourth-order valence-electron chi connectivity index (χ4n) is 7.02. The number of amides is 2. The number of ether oxygens (including phenoxy) is 2. The van der Waals surface area contributed by atoms with Crippen molar-refractivity contribution in [2.24, 2.45) is 5.92 Å². The van der Waals surface area contributed by atoms with Crippen molar-refractivity contribution in [2.75, 3.05) is 19.7 Å². The van der Waals surface area contributed by atoms with Crippen LogP contribution in [-0.2, 0) is 25.4 Å². The Labute approximate surface area is 207 Å². The Kier molecular flexibility index (Phi) is 5.05. The predicted molar refractivity (Wildman–Crippen MR) is 132 cm³/mol. The minimum Gasteiger partial charge on any atom is -0.444 e. The van der Waals surface area contributed by atoms with Gasteiger partial charge in [-0.05, 0) is 56.6 Å². The molecule has 0 bridgehead atoms. The van der Waals surface area contributed by atoms with Crippen LogP contribution in [0.2, 0.25) is 0 Å². The van der Waals surface area contributed by atoms with Crippen LogP contribution in [0.5, 0.6) is 0 Å². The minimum absolute atomic E-state index is 0.0600. The number of hydrogen-bond acceptors (Lipinski definition) is 4. The highest BCUT2D eigenvalue weighted by Crippen LogP contribution is 2.62. The highest BCUT2D eigenvalue weighted by Gasteiger charge is 2.66. The molecule has 2 spiro atoms. The third kappa shape index (κ3) is 3.40. The summed E-state index contributed by atoms with van der Waals surface area (Å²) in [5.41, 5.74) is 2.30. The van der Waals surface area contributed by atoms with Gasteiger partial charge >= 0.3 is 6.09 Å². The molecule has 184 valence electrons. The molecule has 2 aromatic rings. The first kappa shape index (κ1) is 22.6. The van der Waals surface area contributed by atoms with Gasteiger partial charge in [0.15, 0.2) is 5.72 Å². The number of nitrogens with zero attached hydrogens (tertiary/aromatic N) is 2. The molecule has 0 saturated carbocycles. The zero-order chi connectivity index (χ0) is 24.4. The normalized spacial score (nSPS) is 29.1. The van der Waals surface area contributed by atoms with Crippen LogP contribution in [0.4, 0.5) is 4.79 Å². The van der Waals surface area contributed by atoms with Gasteiger partial charge < -0.3 is 19.3 Å². The van der Waals surface area contributed by atoms with Crippen molar-refractivity contribution in [3.63, 3.8) is 0 Å². The van der Waals surface area contributed by atoms with Crippen molar-refractivity contribution in [2.45, 2.75) is 69.2 Å². The van der Waals surface area contributed by atoms with Crippen LogP contribution in [-0.4, -0.2) is 47.1 Å². The SMILES string of the molecule is CC(C)(C)OC(=O)N1CCC2(CC1)C[C@@H]1CC(=O)N3[C@@H](c4ccccc4)CO[C@@]13c1ccccc12. The zero-order valence-electron chi connectivity index (χ0n) is 20.8. The first-order chi connectivity index (χ1) is 16.7. The lowest BCUT2D eigenvalue weighted by Crippen LogP contribution is -2.54. The van der Waals surface area contributed by atoms with Crippen LogP contribution in [0.25, 0.3) is 0 Å². The van der Waals surface area contributed by atoms with Crippen LogP contribution in [0.3, 0.4) is 0 Å². The first-order valence-electron chi connectivity index (χ1n) is 12.8. The molecule has 3 heterocycles. The molecule has 1 aliphatic carbocycles. The quantitative estimate of drug-likeness (QED) is 0.575. The second-order valence-corrected chi connectivity index (χ2v) is 11.6. The summed E-state index contributed by atoms with van der Waals surface area (Å²) >= 11 is 0. The van der Waals surface area contributed by atoms with Crippen molar-refractivity contribution >= 4 is 12.0 Å². The number of piperidine rings is 1. The van der Waals surface area contributed by atoms with E-state index in [4.69, 9.17) is 9.47 Å². The molecule has 6 heteroatoms. The number of carbonyl (C=O) groups excluding carboxylic acids is 2. The second-order valence-electron chi connectivity index (χ2n) is 11.6. The van der Waals surface area contributed by atoms with Gasteiger partial charge in [-0.25, -0.2) is 4.79 Å². The maximum absolute atomic E-state index is 13.5. The molecule has 35 heavy (non-hydrogen) atoms. The number of likely N-dealkylation sites (tertiary alicyclic amines) is 1. The van der Waals surface area contributed by atoms with E-state index in [2.05, 4.69) is 41.3 Å². The number of fused-ring (bicyclic) bond motifs is 2. The smallest absolute Gasteiger partial charge is 0.410 e. The third-order valence-electron chi connectivity index (χ3n) is 8.45. The lowest BCUT2D eigenvalue weighted by molar-refractivity contribution is -0.148. The van der Waals surface area contributed by atoms with E-state index in [-0.39, 0.29) is 29.4 Å². The van der Waals surface area contributed by atoms with Crippen LogP contribution >= 0.6 is 0 Å². The van der Waals surface area contributed by atoms with Gasteiger partial charge in [0.05, 0.1) is 12.6 Å². The van der Waals surface area contributed by atoms with Crippen molar-refractivity contribution in [3.8, 4) is 0 Å². The average molecular weight is 475 g/mol. The lowest BCUT2D eigenvalue weighted by atomic mass is 9.59. The van der Waals surface area contributed by atoms with Crippen LogP contribution in [0.1, 0.15) is 69.2 Å². The van der Waals surface area contributed by atoms with Crippen molar-refractivity contribution in [3.05, 3.63) is 71.3 Å². The summed E-state index contributed by atoms with van der Waals surface area (Å²) in [7, 11) is 0. The topological polar surface area (TPSA) is 59.1 Å². The van der Waals surface area contributed by atoms with Crippen molar-refractivity contribution in [1.82, 2.24) is 9.80 Å². The molecule has 2 aromatic carbocycles. The molecule has 3 atom stereocenters. The fraction of sp³-hybridized carbons (Fsp3) is 0.517. The second kappa shape index (κ2) is 7.82. The largest absolute Gasteiger partial charge is 0.444 e. The van der Waals surface area contributed by atoms with Crippen LogP contribution < -0.4 is 0 Å². The molecule has 6 rings (SSSR count). The Morgan fingerprint density at radius 1 is 1.00 bits per heavy atom. The molecule has 2 amide bonds. The van der Waals surface area contributed by atoms with E-state index in [0.29, 0.717) is 26.1 Å². The highest BCUT2D eigenvalue weighted by atomic mass is 16.6. The standard InChI is InChI=1S/C29H34N2O4/c1-27(2,3)35-26(33)30-15-13-28(14-16-30)18-21-17-25(32)31-24(20-9-5-4-6-10-20)19-34-29(21,31)23-12-8-7-11-22(23)28/h4-12,21,24H,13-19H2,1-3H3/t21-,24+,29+/m0/s1. The van der Waals surface area contributed by atoms with Crippen LogP contribution in [0, 0.1) is 5.92 Å². The Bertz CT molecular complexity index is 1150. The molecule has 0 unspecified atom stereocenters. The molecule has 3 saturated heterocycles. The first-order valence-corrected chi connectivity index (χ1v) is 12.8. The summed E-state index contributed by atoms with van der Waals surface area (Å²) in [4.78, 5) is 30.1. The fourth-order valence-corrected chi connectivity index (χ4v) is 7.02. The molecule has 3 aliphatic heterocycles. The molecule has 4 aliphatic rings. The van der Waals surface area contributed by atoms with Gasteiger partial charge in [0.1, 0.15) is 5.60 Å². The molecule has 3 fully saturated rings. The van der Waals surface area contributed by atoms with E-state index < -0.39 is 11.3 Å². The molecule has 0 N–H and O–H groups in total. The van der Waals surface area contributed by atoms with Gasteiger partial charge in [0.2, 0.25) is 5.91 Å². The van der Waals surface area contributed by atoms with E-state index >= 15 is 0 Å². The Morgan fingerprint density at radius 2 is 1.66 bits per heavy atom. The summed E-state index contributed by atoms with van der Waals surface area (Å²) in [6.07, 6.45) is 2.91. The molecular weight excluding hydrogens is 440 g/mol. The van der Waals surface area contributed by atoms with Gasteiger partial charge in [-0.2, -0.15) is 0 Å². The van der Waals surface area contributed by atoms with E-state index in [1.807, 2.05) is 43.9 Å². The highest BCUT2D eigenvalue weighted by molar-refractivity contribution is 5.82. The summed E-state index contributed by atoms with van der Waals surface area (Å²) in [5, 5.41) is 0. The van der Waals surface area contributed by atoms with Crippen LogP contribution in [0.15, 0.2) is 54.6 Å². The zero-order valence-corrected chi connectivity index (χ0v) is 20.8. The number of benzene rings is 2. The number of carbonyl (C=O) groups is 2. The summed E-state index contributed by atoms with van der Waals surface area (Å²) in [6, 6.07) is 18.7. The van der Waals surface area contributed by atoms with Crippen molar-refractivity contribution < 1.29 is 19.1 Å². The summed E-state index contributed by atoms with van der Waals surface area (Å²) < 4.78 is 12.3. The van der Waals surface area contributed by atoms with Gasteiger partial charge in [0.25, 0.3) is 0 Å². The van der Waals surface area contributed by atoms with Gasteiger partial charge in [0, 0.05) is 31.0 Å². The van der Waals surface area contributed by atoms with Gasteiger partial charge in [-0.15, -0.1) is 0 Å². The minimum atomic E-state index is -0.693. The summed E-state index contributed by atoms with van der Waals surface area (Å²) in [6.45, 7) is 7.54. The molecular formula is C29H34N2O4. The monoisotopic (exact) mass is 474 g/mol. The van der Waals surface area contributed by atoms with E-state index in [1.165, 1.54) is 5.56 Å². The summed E-state index contributed by atoms with van der Waals surface area (Å²) in [5.74, 6) is 0.283. The third-order valence-corrected chi connectivity index (χ3v) is 8.45. The van der Waals surface area contributed by atoms with E-state index in [1.54, 1.807) is 0 Å². The number of hydrogen-bond donors (Lipinski definition) is 0. The molecule has 0 radical (unpaired) electrons. The van der Waals surface area contributed by atoms with Crippen molar-refractivity contribution in [1.29, 1.82) is 0 Å². The predicted octanol–water partition coefficient (Wildman–Crippen LogP) is 5.13. The maximum Gasteiger partial charge on any atom is 0.410 e. The Balaban J connectivity index is 1.34. The molecule has 0 aromatic heterocycles. The van der Waals surface area contributed by atoms with Gasteiger partial charge in [-0.1, -0.05) is 54.6 Å². The van der Waals surface area contributed by atoms with E-state index in [0.717, 1.165) is 30.4 Å². The number of rotatable bonds is 1. The molecule has 6 nitrogen and oxygen atoms in total. The lowest BCUT2D eigenvalue weighted by Gasteiger charge is -2.52. The van der Waals surface area contributed by atoms with Gasteiger partial charge in [-0.3, -0.25) is 4.79 Å².